The molecule has 0 aromatic heterocycles. The molecule has 1 saturated heterocycles. The van der Waals surface area contributed by atoms with Crippen molar-refractivity contribution in [3.8, 4) is 5.75 Å². The molecule has 0 aliphatic carbocycles. The number of sulfonamides is 1. The SMILES string of the molecule is COc1ccc(C(=O)Nc2ccc(S(=O)(=O)N3CCNCC3)cc2)cc1C. The number of nitrogens with zero attached hydrogens (tertiary/aromatic N) is 1. The number of carbonyl (C=O) groups excluding carboxylic acids is 1. The second-order valence-corrected chi connectivity index (χ2v) is 8.25. The van der Waals surface area contributed by atoms with Gasteiger partial charge in [0.2, 0.25) is 10.0 Å². The predicted molar refractivity (Wildman–Crippen MR) is 104 cm³/mol. The maximum absolute atomic E-state index is 12.6. The van der Waals surface area contributed by atoms with Crippen LogP contribution in [0.25, 0.3) is 0 Å². The second kappa shape index (κ2) is 8.08. The fraction of sp³-hybridized carbons (Fsp3) is 0.316. The minimum absolute atomic E-state index is 0.225. The summed E-state index contributed by atoms with van der Waals surface area (Å²) in [4.78, 5) is 12.6. The summed E-state index contributed by atoms with van der Waals surface area (Å²) < 4.78 is 31.9. The number of hydrogen-bond donors (Lipinski definition) is 2. The molecular formula is C19H23N3O4S. The summed E-state index contributed by atoms with van der Waals surface area (Å²) in [7, 11) is -1.92. The normalized spacial score (nSPS) is 15.3. The minimum Gasteiger partial charge on any atom is -0.496 e. The first kappa shape index (κ1) is 19.3. The Kier molecular flexibility index (Phi) is 5.79. The number of nitrogens with one attached hydrogen (secondary N) is 2. The molecule has 1 amide bonds. The summed E-state index contributed by atoms with van der Waals surface area (Å²) in [5.41, 5.74) is 1.90. The van der Waals surface area contributed by atoms with Crippen molar-refractivity contribution in [2.24, 2.45) is 0 Å². The molecule has 144 valence electrons. The number of benzene rings is 2. The molecule has 0 atom stereocenters. The lowest BCUT2D eigenvalue weighted by Gasteiger charge is -2.26. The third-order valence-corrected chi connectivity index (χ3v) is 6.40. The van der Waals surface area contributed by atoms with E-state index in [0.29, 0.717) is 43.2 Å². The van der Waals surface area contributed by atoms with E-state index in [1.54, 1.807) is 37.4 Å². The quantitative estimate of drug-likeness (QED) is 0.815. The molecule has 7 nitrogen and oxygen atoms in total. The van der Waals surface area contributed by atoms with Crippen molar-refractivity contribution < 1.29 is 17.9 Å². The van der Waals surface area contributed by atoms with Crippen LogP contribution in [0.4, 0.5) is 5.69 Å². The predicted octanol–water partition coefficient (Wildman–Crippen LogP) is 1.85. The highest BCUT2D eigenvalue weighted by molar-refractivity contribution is 7.89. The summed E-state index contributed by atoms with van der Waals surface area (Å²) in [5, 5.41) is 5.92. The highest BCUT2D eigenvalue weighted by Gasteiger charge is 2.25. The molecule has 27 heavy (non-hydrogen) atoms. The Morgan fingerprint density at radius 3 is 2.37 bits per heavy atom. The Balaban J connectivity index is 1.72. The molecule has 2 aromatic carbocycles. The first-order valence-corrected chi connectivity index (χ1v) is 10.1. The van der Waals surface area contributed by atoms with Crippen molar-refractivity contribution in [3.05, 3.63) is 53.6 Å². The van der Waals surface area contributed by atoms with E-state index < -0.39 is 10.0 Å². The molecule has 0 spiro atoms. The third kappa shape index (κ3) is 4.29. The van der Waals surface area contributed by atoms with Crippen LogP contribution in [0.2, 0.25) is 0 Å². The van der Waals surface area contributed by atoms with E-state index in [9.17, 15) is 13.2 Å². The maximum atomic E-state index is 12.6. The van der Waals surface area contributed by atoms with Gasteiger partial charge in [-0.05, 0) is 55.0 Å². The van der Waals surface area contributed by atoms with Crippen molar-refractivity contribution >= 4 is 21.6 Å². The van der Waals surface area contributed by atoms with Crippen LogP contribution in [0.15, 0.2) is 47.4 Å². The lowest BCUT2D eigenvalue weighted by molar-refractivity contribution is 0.102. The molecule has 8 heteroatoms. The molecule has 0 radical (unpaired) electrons. The van der Waals surface area contributed by atoms with Gasteiger partial charge in [-0.1, -0.05) is 0 Å². The topological polar surface area (TPSA) is 87.7 Å². The number of methoxy groups -OCH3 is 1. The average Bonchev–Trinajstić information content (AvgIpc) is 2.69. The molecule has 1 heterocycles. The van der Waals surface area contributed by atoms with Gasteiger partial charge in [0.15, 0.2) is 0 Å². The monoisotopic (exact) mass is 389 g/mol. The summed E-state index contributed by atoms with van der Waals surface area (Å²) in [6.45, 7) is 4.07. The zero-order valence-corrected chi connectivity index (χ0v) is 16.2. The van der Waals surface area contributed by atoms with Gasteiger partial charge in [-0.3, -0.25) is 4.79 Å². The molecule has 0 saturated carbocycles. The van der Waals surface area contributed by atoms with Crippen molar-refractivity contribution in [2.75, 3.05) is 38.6 Å². The standard InChI is InChI=1S/C19H23N3O4S/c1-14-13-15(3-8-18(14)26-2)19(23)21-16-4-6-17(7-5-16)27(24,25)22-11-9-20-10-12-22/h3-8,13,20H,9-12H2,1-2H3,(H,21,23). The lowest BCUT2D eigenvalue weighted by Crippen LogP contribution is -2.46. The number of amides is 1. The van der Waals surface area contributed by atoms with Gasteiger partial charge in [-0.2, -0.15) is 4.31 Å². The summed E-state index contributed by atoms with van der Waals surface area (Å²) in [5.74, 6) is 0.451. The number of hydrogen-bond acceptors (Lipinski definition) is 5. The molecule has 0 unspecified atom stereocenters. The Morgan fingerprint density at radius 1 is 1.11 bits per heavy atom. The van der Waals surface area contributed by atoms with Gasteiger partial charge in [0.25, 0.3) is 5.91 Å². The number of ether oxygens (including phenoxy) is 1. The number of rotatable bonds is 5. The molecular weight excluding hydrogens is 366 g/mol. The van der Waals surface area contributed by atoms with E-state index in [2.05, 4.69) is 10.6 Å². The van der Waals surface area contributed by atoms with Crippen molar-refractivity contribution in [1.82, 2.24) is 9.62 Å². The Labute approximate surface area is 159 Å². The first-order valence-electron chi connectivity index (χ1n) is 8.69. The average molecular weight is 389 g/mol. The van der Waals surface area contributed by atoms with Gasteiger partial charge in [0, 0.05) is 37.4 Å². The molecule has 1 aliphatic rings. The highest BCUT2D eigenvalue weighted by Crippen LogP contribution is 2.21. The summed E-state index contributed by atoms with van der Waals surface area (Å²) >= 11 is 0. The highest BCUT2D eigenvalue weighted by atomic mass is 32.2. The van der Waals surface area contributed by atoms with Crippen LogP contribution in [-0.4, -0.2) is 51.9 Å². The van der Waals surface area contributed by atoms with E-state index in [0.717, 1.165) is 5.56 Å². The van der Waals surface area contributed by atoms with E-state index in [1.807, 2.05) is 6.92 Å². The van der Waals surface area contributed by atoms with Crippen molar-refractivity contribution in [3.63, 3.8) is 0 Å². The van der Waals surface area contributed by atoms with Crippen LogP contribution in [0, 0.1) is 6.92 Å². The number of piperazine rings is 1. The molecule has 1 aliphatic heterocycles. The van der Waals surface area contributed by atoms with Crippen LogP contribution in [0.3, 0.4) is 0 Å². The Morgan fingerprint density at radius 2 is 1.78 bits per heavy atom. The van der Waals surface area contributed by atoms with E-state index in [4.69, 9.17) is 4.74 Å². The van der Waals surface area contributed by atoms with Crippen LogP contribution in [0.1, 0.15) is 15.9 Å². The summed E-state index contributed by atoms with van der Waals surface area (Å²) in [6.07, 6.45) is 0. The van der Waals surface area contributed by atoms with Gasteiger partial charge in [0.1, 0.15) is 5.75 Å². The molecule has 3 rings (SSSR count). The van der Waals surface area contributed by atoms with Gasteiger partial charge in [-0.25, -0.2) is 8.42 Å². The smallest absolute Gasteiger partial charge is 0.255 e. The summed E-state index contributed by atoms with van der Waals surface area (Å²) in [6, 6.07) is 11.4. The zero-order valence-electron chi connectivity index (χ0n) is 15.4. The fourth-order valence-corrected chi connectivity index (χ4v) is 4.41. The van der Waals surface area contributed by atoms with Crippen LogP contribution in [0.5, 0.6) is 5.75 Å². The minimum atomic E-state index is -3.51. The number of carbonyl (C=O) groups is 1. The molecule has 1 fully saturated rings. The van der Waals surface area contributed by atoms with Crippen molar-refractivity contribution in [2.45, 2.75) is 11.8 Å². The largest absolute Gasteiger partial charge is 0.496 e. The van der Waals surface area contributed by atoms with Crippen LogP contribution < -0.4 is 15.4 Å². The number of anilines is 1. The first-order chi connectivity index (χ1) is 12.9. The van der Waals surface area contributed by atoms with Gasteiger partial charge in [0.05, 0.1) is 12.0 Å². The Bertz CT molecular complexity index is 920. The number of aryl methyl sites for hydroxylation is 1. The molecule has 0 bridgehead atoms. The lowest BCUT2D eigenvalue weighted by atomic mass is 10.1. The Hall–Kier alpha value is -2.42. The molecule has 2 N–H and O–H groups in total. The van der Waals surface area contributed by atoms with Gasteiger partial charge in [-0.15, -0.1) is 0 Å². The van der Waals surface area contributed by atoms with E-state index >= 15 is 0 Å². The zero-order chi connectivity index (χ0) is 19.4. The fourth-order valence-electron chi connectivity index (χ4n) is 2.97. The van der Waals surface area contributed by atoms with E-state index in [-0.39, 0.29) is 10.8 Å². The van der Waals surface area contributed by atoms with Crippen molar-refractivity contribution in [1.29, 1.82) is 0 Å². The second-order valence-electron chi connectivity index (χ2n) is 6.32. The van der Waals surface area contributed by atoms with Crippen LogP contribution in [-0.2, 0) is 10.0 Å². The van der Waals surface area contributed by atoms with E-state index in [1.165, 1.54) is 16.4 Å². The molecule has 2 aromatic rings. The van der Waals surface area contributed by atoms with Gasteiger partial charge < -0.3 is 15.4 Å². The van der Waals surface area contributed by atoms with Gasteiger partial charge >= 0.3 is 0 Å². The van der Waals surface area contributed by atoms with Crippen LogP contribution >= 0.6 is 0 Å². The third-order valence-electron chi connectivity index (χ3n) is 4.48. The maximum Gasteiger partial charge on any atom is 0.255 e.